The molecule has 4 unspecified atom stereocenters. The molecular weight excluding hydrogens is 151 g/mol. The molecule has 0 nitrogen and oxygen atoms in total. The topological polar surface area (TPSA) is 0 Å². The van der Waals surface area contributed by atoms with E-state index in [4.69, 9.17) is 0 Å². The van der Waals surface area contributed by atoms with Crippen molar-refractivity contribution in [1.29, 1.82) is 0 Å². The summed E-state index contributed by atoms with van der Waals surface area (Å²) >= 11 is 0. The maximum atomic E-state index is 14.1. The Kier molecular flexibility index (Phi) is 2.80. The quantitative estimate of drug-likeness (QED) is 0.487. The summed E-state index contributed by atoms with van der Waals surface area (Å²) in [6.07, 6.45) is 3.31. The summed E-state index contributed by atoms with van der Waals surface area (Å²) in [6, 6.07) is 0. The van der Waals surface area contributed by atoms with Gasteiger partial charge in [-0.05, 0) is 37.5 Å². The van der Waals surface area contributed by atoms with E-state index in [1.165, 1.54) is 6.42 Å². The first kappa shape index (κ1) is 10.0. The molecule has 0 saturated heterocycles. The Morgan fingerprint density at radius 3 is 2.25 bits per heavy atom. The number of hydrogen-bond donors (Lipinski definition) is 0. The number of halogens is 1. The van der Waals surface area contributed by atoms with Gasteiger partial charge in [-0.2, -0.15) is 0 Å². The first-order valence-electron chi connectivity index (χ1n) is 5.13. The summed E-state index contributed by atoms with van der Waals surface area (Å²) in [7, 11) is 0. The molecule has 0 spiro atoms. The molecule has 1 rings (SSSR count). The molecule has 0 N–H and O–H groups in total. The van der Waals surface area contributed by atoms with E-state index >= 15 is 0 Å². The standard InChI is InChI=1S/C11H21F/c1-8-5-6-9(2)11(4,12)10(3)7-8/h8-10H,5-7H2,1-4H3. The smallest absolute Gasteiger partial charge is 0.113 e. The van der Waals surface area contributed by atoms with Gasteiger partial charge in [0.15, 0.2) is 0 Å². The molecule has 1 saturated carbocycles. The summed E-state index contributed by atoms with van der Waals surface area (Å²) in [4.78, 5) is 0. The highest BCUT2D eigenvalue weighted by atomic mass is 19.1. The van der Waals surface area contributed by atoms with Crippen LogP contribution >= 0.6 is 0 Å². The average molecular weight is 172 g/mol. The fraction of sp³-hybridized carbons (Fsp3) is 1.00. The zero-order chi connectivity index (χ0) is 9.35. The molecule has 0 bridgehead atoms. The van der Waals surface area contributed by atoms with Crippen LogP contribution in [-0.2, 0) is 0 Å². The van der Waals surface area contributed by atoms with Crippen molar-refractivity contribution in [3.8, 4) is 0 Å². The third-order valence-corrected chi connectivity index (χ3v) is 3.78. The van der Waals surface area contributed by atoms with Gasteiger partial charge in [0, 0.05) is 0 Å². The van der Waals surface area contributed by atoms with E-state index in [0.29, 0.717) is 5.92 Å². The maximum absolute atomic E-state index is 14.1. The second-order valence-electron chi connectivity index (χ2n) is 4.87. The highest BCUT2D eigenvalue weighted by molar-refractivity contribution is 4.88. The Hall–Kier alpha value is -0.0700. The van der Waals surface area contributed by atoms with Crippen LogP contribution in [0.4, 0.5) is 4.39 Å². The van der Waals surface area contributed by atoms with Crippen molar-refractivity contribution in [1.82, 2.24) is 0 Å². The van der Waals surface area contributed by atoms with Crippen LogP contribution in [0.25, 0.3) is 0 Å². The van der Waals surface area contributed by atoms with Gasteiger partial charge in [-0.3, -0.25) is 0 Å². The minimum Gasteiger partial charge on any atom is -0.244 e. The molecule has 0 aliphatic heterocycles. The fourth-order valence-corrected chi connectivity index (χ4v) is 2.25. The van der Waals surface area contributed by atoms with Crippen molar-refractivity contribution in [2.75, 3.05) is 0 Å². The van der Waals surface area contributed by atoms with Gasteiger partial charge in [0.25, 0.3) is 0 Å². The molecule has 1 heteroatoms. The monoisotopic (exact) mass is 172 g/mol. The Morgan fingerprint density at radius 2 is 1.67 bits per heavy atom. The number of alkyl halides is 1. The average Bonchev–Trinajstić information content (AvgIpc) is 2.04. The van der Waals surface area contributed by atoms with Crippen molar-refractivity contribution in [3.63, 3.8) is 0 Å². The van der Waals surface area contributed by atoms with Crippen LogP contribution in [0.5, 0.6) is 0 Å². The van der Waals surface area contributed by atoms with Gasteiger partial charge in [0.05, 0.1) is 0 Å². The Labute approximate surface area is 75.5 Å². The molecule has 0 aromatic rings. The van der Waals surface area contributed by atoms with Gasteiger partial charge in [-0.15, -0.1) is 0 Å². The molecule has 1 aliphatic carbocycles. The van der Waals surface area contributed by atoms with E-state index in [0.717, 1.165) is 12.8 Å². The lowest BCUT2D eigenvalue weighted by Crippen LogP contribution is -2.33. The second kappa shape index (κ2) is 3.35. The molecule has 0 amide bonds. The molecule has 0 heterocycles. The van der Waals surface area contributed by atoms with E-state index in [-0.39, 0.29) is 11.8 Å². The van der Waals surface area contributed by atoms with Gasteiger partial charge < -0.3 is 0 Å². The summed E-state index contributed by atoms with van der Waals surface area (Å²) in [5.41, 5.74) is -0.940. The molecule has 4 atom stereocenters. The minimum absolute atomic E-state index is 0.227. The van der Waals surface area contributed by atoms with Crippen LogP contribution in [0.2, 0.25) is 0 Å². The molecule has 0 radical (unpaired) electrons. The normalized spacial score (nSPS) is 50.2. The highest BCUT2D eigenvalue weighted by Gasteiger charge is 2.39. The van der Waals surface area contributed by atoms with Crippen LogP contribution < -0.4 is 0 Å². The predicted octanol–water partition coefficient (Wildman–Crippen LogP) is 3.81. The van der Waals surface area contributed by atoms with Crippen LogP contribution in [0, 0.1) is 17.8 Å². The van der Waals surface area contributed by atoms with Gasteiger partial charge in [0.2, 0.25) is 0 Å². The lowest BCUT2D eigenvalue weighted by Gasteiger charge is -2.31. The first-order chi connectivity index (χ1) is 5.44. The highest BCUT2D eigenvalue weighted by Crippen LogP contribution is 2.41. The van der Waals surface area contributed by atoms with Gasteiger partial charge in [-0.1, -0.05) is 27.2 Å². The molecule has 72 valence electrons. The van der Waals surface area contributed by atoms with E-state index in [1.54, 1.807) is 6.92 Å². The third-order valence-electron chi connectivity index (χ3n) is 3.78. The minimum atomic E-state index is -0.940. The lowest BCUT2D eigenvalue weighted by atomic mass is 9.80. The zero-order valence-corrected chi connectivity index (χ0v) is 8.73. The van der Waals surface area contributed by atoms with E-state index in [2.05, 4.69) is 20.8 Å². The molecule has 12 heavy (non-hydrogen) atoms. The van der Waals surface area contributed by atoms with Gasteiger partial charge in [-0.25, -0.2) is 4.39 Å². The van der Waals surface area contributed by atoms with Crippen LogP contribution in [0.1, 0.15) is 47.0 Å². The van der Waals surface area contributed by atoms with E-state index in [1.807, 2.05) is 0 Å². The van der Waals surface area contributed by atoms with Crippen molar-refractivity contribution in [2.45, 2.75) is 52.6 Å². The molecular formula is C11H21F. The third kappa shape index (κ3) is 1.81. The molecule has 1 fully saturated rings. The van der Waals surface area contributed by atoms with Crippen molar-refractivity contribution in [3.05, 3.63) is 0 Å². The van der Waals surface area contributed by atoms with Crippen LogP contribution in [-0.4, -0.2) is 5.67 Å². The Balaban J connectivity index is 2.72. The summed E-state index contributed by atoms with van der Waals surface area (Å²) in [5, 5.41) is 0. The second-order valence-corrected chi connectivity index (χ2v) is 4.87. The lowest BCUT2D eigenvalue weighted by molar-refractivity contribution is 0.0515. The van der Waals surface area contributed by atoms with Gasteiger partial charge >= 0.3 is 0 Å². The zero-order valence-electron chi connectivity index (χ0n) is 8.73. The summed E-state index contributed by atoms with van der Waals surface area (Å²) < 4.78 is 14.1. The number of rotatable bonds is 0. The first-order valence-corrected chi connectivity index (χ1v) is 5.13. The van der Waals surface area contributed by atoms with Crippen molar-refractivity contribution >= 4 is 0 Å². The summed E-state index contributed by atoms with van der Waals surface area (Å²) in [6.45, 7) is 8.12. The largest absolute Gasteiger partial charge is 0.244 e. The molecule has 0 aromatic carbocycles. The summed E-state index contributed by atoms with van der Waals surface area (Å²) in [5.74, 6) is 1.17. The van der Waals surface area contributed by atoms with Crippen LogP contribution in [0.15, 0.2) is 0 Å². The van der Waals surface area contributed by atoms with Gasteiger partial charge in [0.1, 0.15) is 5.67 Å². The fourth-order valence-electron chi connectivity index (χ4n) is 2.25. The van der Waals surface area contributed by atoms with E-state index in [9.17, 15) is 4.39 Å². The Morgan fingerprint density at radius 1 is 1.08 bits per heavy atom. The Bertz CT molecular complexity index is 151. The molecule has 0 aromatic heterocycles. The maximum Gasteiger partial charge on any atom is 0.113 e. The predicted molar refractivity (Wildman–Crippen MR) is 50.9 cm³/mol. The van der Waals surface area contributed by atoms with E-state index < -0.39 is 5.67 Å². The van der Waals surface area contributed by atoms with Crippen molar-refractivity contribution in [2.24, 2.45) is 17.8 Å². The molecule has 1 aliphatic rings. The van der Waals surface area contributed by atoms with Crippen molar-refractivity contribution < 1.29 is 4.39 Å². The SMILES string of the molecule is CC1CCC(C)C(C)(F)C(C)C1. The number of hydrogen-bond acceptors (Lipinski definition) is 0. The van der Waals surface area contributed by atoms with Crippen LogP contribution in [0.3, 0.4) is 0 Å².